The van der Waals surface area contributed by atoms with Crippen molar-refractivity contribution in [2.24, 2.45) is 0 Å². The second kappa shape index (κ2) is 8.14. The van der Waals surface area contributed by atoms with Crippen molar-refractivity contribution in [1.82, 2.24) is 4.90 Å². The lowest BCUT2D eigenvalue weighted by atomic mass is 10.1. The van der Waals surface area contributed by atoms with Gasteiger partial charge >= 0.3 is 0 Å². The summed E-state index contributed by atoms with van der Waals surface area (Å²) in [5.74, 6) is 0.866. The second-order valence-electron chi connectivity index (χ2n) is 6.20. The Bertz CT molecular complexity index is 891. The van der Waals surface area contributed by atoms with Crippen LogP contribution in [-0.4, -0.2) is 44.0 Å². The number of likely N-dealkylation sites (N-methyl/N-ethyl adjacent to an activating group) is 1. The van der Waals surface area contributed by atoms with Gasteiger partial charge in [-0.15, -0.1) is 0 Å². The van der Waals surface area contributed by atoms with Gasteiger partial charge in [0.25, 0.3) is 11.8 Å². The molecule has 1 heterocycles. The number of carbonyl (C=O) groups excluding carboxylic acids is 2. The largest absolute Gasteiger partial charge is 0.488 e. The fraction of sp³-hybridized carbons (Fsp3) is 0.200. The number of benzene rings is 2. The molecule has 3 rings (SSSR count). The lowest BCUT2D eigenvalue weighted by Gasteiger charge is -2.18. The summed E-state index contributed by atoms with van der Waals surface area (Å²) in [6.07, 6.45) is 1.77. The molecule has 1 aliphatic heterocycles. The number of amides is 2. The van der Waals surface area contributed by atoms with E-state index in [9.17, 15) is 9.59 Å². The molecule has 2 amide bonds. The molecule has 0 spiro atoms. The van der Waals surface area contributed by atoms with Gasteiger partial charge < -0.3 is 19.7 Å². The first-order chi connectivity index (χ1) is 12.9. The predicted molar refractivity (Wildman–Crippen MR) is 104 cm³/mol. The fourth-order valence-corrected chi connectivity index (χ4v) is 2.58. The smallest absolute Gasteiger partial charge is 0.259 e. The van der Waals surface area contributed by atoms with Crippen LogP contribution in [0.5, 0.6) is 11.5 Å². The van der Waals surface area contributed by atoms with E-state index in [1.165, 1.54) is 4.90 Å². The number of halogens is 1. The van der Waals surface area contributed by atoms with Gasteiger partial charge in [-0.25, -0.2) is 0 Å². The Morgan fingerprint density at radius 3 is 2.63 bits per heavy atom. The minimum absolute atomic E-state index is 0.0368. The predicted octanol–water partition coefficient (Wildman–Crippen LogP) is 3.22. The number of fused-ring (bicyclic) bond motifs is 1. The number of hydrogen-bond acceptors (Lipinski definition) is 4. The standard InChI is InChI=1S/C20H19ClN2O4/c1-23(2)19(24)12-26-17-6-4-16(5-7-17)22-20(25)14-9-13-10-15(21)3-8-18(13)27-11-14/h3-10H,11-12H2,1-2H3,(H,22,25). The molecule has 0 radical (unpaired) electrons. The van der Waals surface area contributed by atoms with Crippen molar-refractivity contribution in [3.63, 3.8) is 0 Å². The maximum absolute atomic E-state index is 12.5. The van der Waals surface area contributed by atoms with Crippen LogP contribution in [0.25, 0.3) is 6.08 Å². The fourth-order valence-electron chi connectivity index (χ4n) is 2.40. The van der Waals surface area contributed by atoms with Crippen molar-refractivity contribution in [3.05, 3.63) is 58.6 Å². The number of nitrogens with zero attached hydrogens (tertiary/aromatic N) is 1. The summed E-state index contributed by atoms with van der Waals surface area (Å²) < 4.78 is 11.0. The van der Waals surface area contributed by atoms with Crippen LogP contribution < -0.4 is 14.8 Å². The van der Waals surface area contributed by atoms with E-state index >= 15 is 0 Å². The van der Waals surface area contributed by atoms with Gasteiger partial charge in [0.1, 0.15) is 18.1 Å². The number of rotatable bonds is 5. The molecule has 2 aromatic rings. The van der Waals surface area contributed by atoms with E-state index in [2.05, 4.69) is 5.32 Å². The van der Waals surface area contributed by atoms with Crippen LogP contribution in [0, 0.1) is 0 Å². The second-order valence-corrected chi connectivity index (χ2v) is 6.63. The van der Waals surface area contributed by atoms with Crippen LogP contribution in [0.1, 0.15) is 5.56 Å². The zero-order chi connectivity index (χ0) is 19.4. The van der Waals surface area contributed by atoms with Gasteiger partial charge in [0.15, 0.2) is 6.61 Å². The SMILES string of the molecule is CN(C)C(=O)COc1ccc(NC(=O)C2=Cc3cc(Cl)ccc3OC2)cc1. The Morgan fingerprint density at radius 2 is 1.93 bits per heavy atom. The Labute approximate surface area is 162 Å². The molecule has 0 aromatic heterocycles. The molecule has 2 aromatic carbocycles. The molecule has 7 heteroatoms. The van der Waals surface area contributed by atoms with Crippen molar-refractivity contribution < 1.29 is 19.1 Å². The van der Waals surface area contributed by atoms with Crippen LogP contribution in [0.4, 0.5) is 5.69 Å². The van der Waals surface area contributed by atoms with Crippen LogP contribution in [0.2, 0.25) is 5.02 Å². The average Bonchev–Trinajstić information content (AvgIpc) is 2.66. The van der Waals surface area contributed by atoms with Crippen LogP contribution in [0.3, 0.4) is 0 Å². The van der Waals surface area contributed by atoms with Crippen molar-refractivity contribution >= 4 is 35.2 Å². The molecular formula is C20H19ClN2O4. The first kappa shape index (κ1) is 18.8. The topological polar surface area (TPSA) is 67.9 Å². The summed E-state index contributed by atoms with van der Waals surface area (Å²) in [5.41, 5.74) is 1.89. The van der Waals surface area contributed by atoms with Gasteiger partial charge in [-0.1, -0.05) is 11.6 Å². The Morgan fingerprint density at radius 1 is 1.19 bits per heavy atom. The number of ether oxygens (including phenoxy) is 2. The molecule has 1 aliphatic rings. The van der Waals surface area contributed by atoms with Crippen LogP contribution in [0.15, 0.2) is 48.0 Å². The molecule has 0 saturated heterocycles. The van der Waals surface area contributed by atoms with E-state index in [0.29, 0.717) is 27.8 Å². The highest BCUT2D eigenvalue weighted by atomic mass is 35.5. The van der Waals surface area contributed by atoms with E-state index in [-0.39, 0.29) is 25.0 Å². The molecule has 0 bridgehead atoms. The minimum atomic E-state index is -0.253. The highest BCUT2D eigenvalue weighted by molar-refractivity contribution is 6.30. The summed E-state index contributed by atoms with van der Waals surface area (Å²) in [4.78, 5) is 25.5. The monoisotopic (exact) mass is 386 g/mol. The third-order valence-corrected chi connectivity index (χ3v) is 4.18. The Hall–Kier alpha value is -2.99. The number of hydrogen-bond donors (Lipinski definition) is 1. The van der Waals surface area contributed by atoms with Gasteiger partial charge in [0.2, 0.25) is 0 Å². The maximum Gasteiger partial charge on any atom is 0.259 e. The number of anilines is 1. The molecule has 0 saturated carbocycles. The van der Waals surface area contributed by atoms with Crippen molar-refractivity contribution in [2.45, 2.75) is 0 Å². The zero-order valence-corrected chi connectivity index (χ0v) is 15.7. The third-order valence-electron chi connectivity index (χ3n) is 3.95. The van der Waals surface area contributed by atoms with Crippen LogP contribution in [-0.2, 0) is 9.59 Å². The molecule has 0 fully saturated rings. The van der Waals surface area contributed by atoms with Gasteiger partial charge in [0, 0.05) is 30.4 Å². The summed E-state index contributed by atoms with van der Waals surface area (Å²) >= 11 is 5.99. The quantitative estimate of drug-likeness (QED) is 0.856. The highest BCUT2D eigenvalue weighted by Gasteiger charge is 2.17. The summed E-state index contributed by atoms with van der Waals surface area (Å²) in [6.45, 7) is 0.152. The summed E-state index contributed by atoms with van der Waals surface area (Å²) in [7, 11) is 3.33. The minimum Gasteiger partial charge on any atom is -0.488 e. The summed E-state index contributed by atoms with van der Waals surface area (Å²) in [6, 6.07) is 12.1. The number of carbonyl (C=O) groups is 2. The molecule has 140 valence electrons. The lowest BCUT2D eigenvalue weighted by Crippen LogP contribution is -2.27. The average molecular weight is 387 g/mol. The van der Waals surface area contributed by atoms with Gasteiger partial charge in [0.05, 0.1) is 5.57 Å². The van der Waals surface area contributed by atoms with Crippen molar-refractivity contribution in [2.75, 3.05) is 32.6 Å². The highest BCUT2D eigenvalue weighted by Crippen LogP contribution is 2.29. The molecule has 27 heavy (non-hydrogen) atoms. The Kier molecular flexibility index (Phi) is 5.66. The van der Waals surface area contributed by atoms with Gasteiger partial charge in [-0.05, 0) is 48.5 Å². The van der Waals surface area contributed by atoms with Crippen molar-refractivity contribution in [1.29, 1.82) is 0 Å². The molecular weight excluding hydrogens is 368 g/mol. The van der Waals surface area contributed by atoms with E-state index in [4.69, 9.17) is 21.1 Å². The van der Waals surface area contributed by atoms with E-state index in [0.717, 1.165) is 5.56 Å². The Balaban J connectivity index is 1.62. The molecule has 0 unspecified atom stereocenters. The first-order valence-corrected chi connectivity index (χ1v) is 8.67. The van der Waals surface area contributed by atoms with Crippen molar-refractivity contribution in [3.8, 4) is 11.5 Å². The molecule has 6 nitrogen and oxygen atoms in total. The normalized spacial score (nSPS) is 12.3. The van der Waals surface area contributed by atoms with E-state index in [1.807, 2.05) is 0 Å². The molecule has 1 N–H and O–H groups in total. The van der Waals surface area contributed by atoms with Gasteiger partial charge in [-0.3, -0.25) is 9.59 Å². The lowest BCUT2D eigenvalue weighted by molar-refractivity contribution is -0.130. The zero-order valence-electron chi connectivity index (χ0n) is 15.0. The summed E-state index contributed by atoms with van der Waals surface area (Å²) in [5, 5.41) is 3.40. The van der Waals surface area contributed by atoms with E-state index < -0.39 is 0 Å². The molecule has 0 atom stereocenters. The number of nitrogens with one attached hydrogen (secondary N) is 1. The molecule has 0 aliphatic carbocycles. The van der Waals surface area contributed by atoms with E-state index in [1.54, 1.807) is 62.6 Å². The first-order valence-electron chi connectivity index (χ1n) is 8.29. The maximum atomic E-state index is 12.5. The van der Waals surface area contributed by atoms with Gasteiger partial charge in [-0.2, -0.15) is 0 Å². The third kappa shape index (κ3) is 4.80. The van der Waals surface area contributed by atoms with Crippen LogP contribution >= 0.6 is 11.6 Å².